The molecule has 0 aliphatic rings. The molecule has 0 saturated carbocycles. The van der Waals surface area contributed by atoms with Crippen molar-refractivity contribution in [2.75, 3.05) is 13.4 Å². The maximum absolute atomic E-state index is 11.5. The molecule has 1 aromatic carbocycles. The number of hydrogen-bond acceptors (Lipinski definition) is 4. The highest BCUT2D eigenvalue weighted by Crippen LogP contribution is 2.26. The van der Waals surface area contributed by atoms with E-state index in [4.69, 9.17) is 10.5 Å². The lowest BCUT2D eigenvalue weighted by atomic mass is 9.96. The van der Waals surface area contributed by atoms with Gasteiger partial charge in [-0.2, -0.15) is 0 Å². The zero-order chi connectivity index (χ0) is 13.3. The Bertz CT molecular complexity index is 501. The maximum atomic E-state index is 11.5. The van der Waals surface area contributed by atoms with Gasteiger partial charge in [-0.15, -0.1) is 0 Å². The molecule has 0 aliphatic carbocycles. The monoisotopic (exact) mass is 257 g/mol. The fourth-order valence-corrected chi connectivity index (χ4v) is 2.48. The number of sulfone groups is 1. The molecule has 17 heavy (non-hydrogen) atoms. The molecular formula is C12H19NO3S. The molecule has 4 nitrogen and oxygen atoms in total. The normalized spacial score (nSPS) is 12.5. The second-order valence-corrected chi connectivity index (χ2v) is 6.91. The molecule has 0 amide bonds. The molecular weight excluding hydrogens is 238 g/mol. The molecule has 0 bridgehead atoms. The molecule has 0 aliphatic heterocycles. The van der Waals surface area contributed by atoms with Crippen LogP contribution in [0.3, 0.4) is 0 Å². The molecule has 1 rings (SSSR count). The van der Waals surface area contributed by atoms with Crippen molar-refractivity contribution in [3.05, 3.63) is 23.8 Å². The van der Waals surface area contributed by atoms with Gasteiger partial charge in [0.05, 0.1) is 7.11 Å². The van der Waals surface area contributed by atoms with Crippen molar-refractivity contribution >= 4 is 9.84 Å². The summed E-state index contributed by atoms with van der Waals surface area (Å²) < 4.78 is 28.1. The summed E-state index contributed by atoms with van der Waals surface area (Å²) in [5.74, 6) is 0.370. The Kier molecular flexibility index (Phi) is 3.84. The lowest BCUT2D eigenvalue weighted by molar-refractivity contribution is 0.401. The minimum atomic E-state index is -3.26. The van der Waals surface area contributed by atoms with E-state index in [-0.39, 0.29) is 10.4 Å². The van der Waals surface area contributed by atoms with E-state index >= 15 is 0 Å². The molecule has 0 heterocycles. The summed E-state index contributed by atoms with van der Waals surface area (Å²) in [6.45, 7) is 3.84. The maximum Gasteiger partial charge on any atom is 0.179 e. The Labute approximate surface area is 103 Å². The summed E-state index contributed by atoms with van der Waals surface area (Å²) in [6.07, 6.45) is 1.82. The molecule has 0 fully saturated rings. The minimum absolute atomic E-state index is 0.207. The van der Waals surface area contributed by atoms with Crippen LogP contribution >= 0.6 is 0 Å². The van der Waals surface area contributed by atoms with E-state index in [9.17, 15) is 8.42 Å². The van der Waals surface area contributed by atoms with Gasteiger partial charge in [0.25, 0.3) is 0 Å². The summed E-state index contributed by atoms with van der Waals surface area (Å²) in [7, 11) is -1.80. The molecule has 0 radical (unpaired) electrons. The average molecular weight is 257 g/mol. The van der Waals surface area contributed by atoms with Crippen LogP contribution in [-0.4, -0.2) is 27.3 Å². The van der Waals surface area contributed by atoms with Crippen LogP contribution in [0.5, 0.6) is 5.75 Å². The van der Waals surface area contributed by atoms with Crippen molar-refractivity contribution in [3.63, 3.8) is 0 Å². The largest absolute Gasteiger partial charge is 0.495 e. The van der Waals surface area contributed by atoms with Crippen molar-refractivity contribution in [2.24, 2.45) is 5.73 Å². The van der Waals surface area contributed by atoms with E-state index < -0.39 is 9.84 Å². The highest BCUT2D eigenvalue weighted by Gasteiger charge is 2.17. The van der Waals surface area contributed by atoms with Crippen molar-refractivity contribution in [1.82, 2.24) is 0 Å². The summed E-state index contributed by atoms with van der Waals surface area (Å²) in [5.41, 5.74) is 6.55. The van der Waals surface area contributed by atoms with Crippen LogP contribution < -0.4 is 10.5 Å². The quantitative estimate of drug-likeness (QED) is 0.884. The van der Waals surface area contributed by atoms with E-state index in [0.29, 0.717) is 12.2 Å². The van der Waals surface area contributed by atoms with Gasteiger partial charge >= 0.3 is 0 Å². The van der Waals surface area contributed by atoms with Crippen molar-refractivity contribution in [1.29, 1.82) is 0 Å². The molecule has 0 saturated heterocycles. The lowest BCUT2D eigenvalue weighted by Crippen LogP contribution is -2.34. The first-order valence-electron chi connectivity index (χ1n) is 5.29. The molecule has 2 N–H and O–H groups in total. The van der Waals surface area contributed by atoms with Gasteiger partial charge in [-0.1, -0.05) is 6.07 Å². The Balaban J connectivity index is 3.19. The van der Waals surface area contributed by atoms with Gasteiger partial charge in [-0.05, 0) is 38.0 Å². The van der Waals surface area contributed by atoms with Crippen LogP contribution in [0.1, 0.15) is 19.4 Å². The predicted molar refractivity (Wildman–Crippen MR) is 68.1 cm³/mol. The standard InChI is InChI=1S/C12H19NO3S/c1-12(2,13)8-9-5-6-11(17(4,14)15)10(7-9)16-3/h5-7H,8,13H2,1-4H3. The van der Waals surface area contributed by atoms with Crippen LogP contribution in [-0.2, 0) is 16.3 Å². The number of ether oxygens (including phenoxy) is 1. The SMILES string of the molecule is COc1cc(CC(C)(C)N)ccc1S(C)(=O)=O. The van der Waals surface area contributed by atoms with Gasteiger partial charge in [0.1, 0.15) is 10.6 Å². The van der Waals surface area contributed by atoms with Gasteiger partial charge in [-0.25, -0.2) is 8.42 Å². The summed E-state index contributed by atoms with van der Waals surface area (Å²) >= 11 is 0. The predicted octanol–water partition coefficient (Wildman–Crippen LogP) is 1.38. The average Bonchev–Trinajstić information content (AvgIpc) is 2.13. The molecule has 5 heteroatoms. The molecule has 0 spiro atoms. The first kappa shape index (κ1) is 14.0. The fourth-order valence-electron chi connectivity index (χ4n) is 1.65. The van der Waals surface area contributed by atoms with Crippen LogP contribution in [0, 0.1) is 0 Å². The van der Waals surface area contributed by atoms with Crippen LogP contribution in [0.4, 0.5) is 0 Å². The Morgan fingerprint density at radius 2 is 1.94 bits per heavy atom. The summed E-state index contributed by atoms with van der Waals surface area (Å²) in [6, 6.07) is 5.06. The molecule has 0 unspecified atom stereocenters. The number of benzene rings is 1. The highest BCUT2D eigenvalue weighted by atomic mass is 32.2. The third-order valence-corrected chi connectivity index (χ3v) is 3.42. The van der Waals surface area contributed by atoms with E-state index in [1.54, 1.807) is 18.2 Å². The Morgan fingerprint density at radius 1 is 1.35 bits per heavy atom. The Morgan fingerprint density at radius 3 is 2.35 bits per heavy atom. The summed E-state index contributed by atoms with van der Waals surface area (Å²) in [5, 5.41) is 0. The zero-order valence-corrected chi connectivity index (χ0v) is 11.5. The van der Waals surface area contributed by atoms with Crippen molar-refractivity contribution in [3.8, 4) is 5.75 Å². The second-order valence-electron chi connectivity index (χ2n) is 4.92. The van der Waals surface area contributed by atoms with Gasteiger partial charge in [0.15, 0.2) is 9.84 Å². The van der Waals surface area contributed by atoms with Gasteiger partial charge in [0, 0.05) is 11.8 Å². The number of rotatable bonds is 4. The van der Waals surface area contributed by atoms with E-state index in [2.05, 4.69) is 0 Å². The van der Waals surface area contributed by atoms with E-state index in [1.165, 1.54) is 7.11 Å². The first-order valence-corrected chi connectivity index (χ1v) is 7.18. The molecule has 0 atom stereocenters. The third-order valence-electron chi connectivity index (χ3n) is 2.29. The first-order chi connectivity index (χ1) is 7.63. The van der Waals surface area contributed by atoms with Crippen LogP contribution in [0.25, 0.3) is 0 Å². The Hall–Kier alpha value is -1.07. The minimum Gasteiger partial charge on any atom is -0.495 e. The van der Waals surface area contributed by atoms with Gasteiger partial charge < -0.3 is 10.5 Å². The number of nitrogens with two attached hydrogens (primary N) is 1. The lowest BCUT2D eigenvalue weighted by Gasteiger charge is -2.19. The molecule has 0 aromatic heterocycles. The summed E-state index contributed by atoms with van der Waals surface area (Å²) in [4.78, 5) is 0.207. The van der Waals surface area contributed by atoms with Crippen molar-refractivity contribution < 1.29 is 13.2 Å². The van der Waals surface area contributed by atoms with Crippen LogP contribution in [0.2, 0.25) is 0 Å². The van der Waals surface area contributed by atoms with Gasteiger partial charge in [0.2, 0.25) is 0 Å². The zero-order valence-electron chi connectivity index (χ0n) is 10.6. The topological polar surface area (TPSA) is 69.4 Å². The fraction of sp³-hybridized carbons (Fsp3) is 0.500. The highest BCUT2D eigenvalue weighted by molar-refractivity contribution is 7.90. The van der Waals surface area contributed by atoms with Crippen molar-refractivity contribution in [2.45, 2.75) is 30.7 Å². The second kappa shape index (κ2) is 4.66. The van der Waals surface area contributed by atoms with E-state index in [1.807, 2.05) is 13.8 Å². The third kappa shape index (κ3) is 4.02. The molecule has 96 valence electrons. The number of methoxy groups -OCH3 is 1. The van der Waals surface area contributed by atoms with Gasteiger partial charge in [-0.3, -0.25) is 0 Å². The molecule has 1 aromatic rings. The van der Waals surface area contributed by atoms with Crippen LogP contribution in [0.15, 0.2) is 23.1 Å². The van der Waals surface area contributed by atoms with E-state index in [0.717, 1.165) is 11.8 Å². The smallest absolute Gasteiger partial charge is 0.179 e. The number of hydrogen-bond donors (Lipinski definition) is 1.